The highest BCUT2D eigenvalue weighted by molar-refractivity contribution is 7.99. The van der Waals surface area contributed by atoms with E-state index < -0.39 is 0 Å². The smallest absolute Gasteiger partial charge is 0.253 e. The van der Waals surface area contributed by atoms with Crippen LogP contribution in [0.2, 0.25) is 0 Å². The summed E-state index contributed by atoms with van der Waals surface area (Å²) in [4.78, 5) is 30.0. The third kappa shape index (κ3) is 5.34. The summed E-state index contributed by atoms with van der Waals surface area (Å²) in [6.45, 7) is 2.08. The van der Waals surface area contributed by atoms with E-state index in [9.17, 15) is 9.59 Å². The lowest BCUT2D eigenvalue weighted by Gasteiger charge is -2.33. The lowest BCUT2D eigenvalue weighted by molar-refractivity contribution is -0.118. The van der Waals surface area contributed by atoms with Crippen LogP contribution in [0.15, 0.2) is 24.3 Å². The van der Waals surface area contributed by atoms with Gasteiger partial charge in [-0.2, -0.15) is 11.8 Å². The first-order chi connectivity index (χ1) is 14.2. The van der Waals surface area contributed by atoms with E-state index in [0.717, 1.165) is 30.3 Å². The highest BCUT2D eigenvalue weighted by Crippen LogP contribution is 2.31. The van der Waals surface area contributed by atoms with Gasteiger partial charge in [-0.25, -0.2) is 0 Å². The molecule has 0 aromatic heterocycles. The monoisotopic (exact) mass is 415 g/mol. The molecule has 3 fully saturated rings. The van der Waals surface area contributed by atoms with Gasteiger partial charge in [-0.05, 0) is 43.9 Å². The molecular weight excluding hydrogens is 382 g/mol. The zero-order valence-corrected chi connectivity index (χ0v) is 18.1. The van der Waals surface area contributed by atoms with Crippen molar-refractivity contribution in [2.24, 2.45) is 0 Å². The van der Waals surface area contributed by atoms with Crippen molar-refractivity contribution >= 4 is 29.3 Å². The number of benzene rings is 1. The summed E-state index contributed by atoms with van der Waals surface area (Å²) in [5.41, 5.74) is 1.39. The van der Waals surface area contributed by atoms with E-state index in [2.05, 4.69) is 10.2 Å². The zero-order valence-electron chi connectivity index (χ0n) is 17.3. The van der Waals surface area contributed by atoms with Crippen molar-refractivity contribution in [1.29, 1.82) is 0 Å². The van der Waals surface area contributed by atoms with Crippen molar-refractivity contribution in [3.63, 3.8) is 0 Å². The van der Waals surface area contributed by atoms with Crippen molar-refractivity contribution in [3.05, 3.63) is 29.8 Å². The van der Waals surface area contributed by atoms with E-state index in [1.54, 1.807) is 0 Å². The predicted octanol–water partition coefficient (Wildman–Crippen LogP) is 4.00. The molecule has 1 aromatic rings. The predicted molar refractivity (Wildman–Crippen MR) is 120 cm³/mol. The molecule has 4 rings (SSSR count). The maximum atomic E-state index is 12.9. The second-order valence-electron chi connectivity index (χ2n) is 8.58. The highest BCUT2D eigenvalue weighted by atomic mass is 32.2. The molecular formula is C23H33N3O2S. The second-order valence-corrected chi connectivity index (χ2v) is 9.81. The van der Waals surface area contributed by atoms with Crippen LogP contribution in [0, 0.1) is 0 Å². The van der Waals surface area contributed by atoms with E-state index in [1.807, 2.05) is 40.9 Å². The van der Waals surface area contributed by atoms with Crippen molar-refractivity contribution in [3.8, 4) is 0 Å². The number of anilines is 1. The fourth-order valence-corrected chi connectivity index (χ4v) is 5.98. The van der Waals surface area contributed by atoms with Gasteiger partial charge in [0.2, 0.25) is 5.91 Å². The Labute approximate surface area is 178 Å². The Kier molecular flexibility index (Phi) is 7.14. The summed E-state index contributed by atoms with van der Waals surface area (Å²) in [5, 5.41) is 3.06. The van der Waals surface area contributed by atoms with E-state index in [4.69, 9.17) is 0 Å². The van der Waals surface area contributed by atoms with Crippen LogP contribution in [0.5, 0.6) is 0 Å². The Morgan fingerprint density at radius 1 is 1.00 bits per heavy atom. The van der Waals surface area contributed by atoms with Crippen LogP contribution < -0.4 is 5.32 Å². The first-order valence-corrected chi connectivity index (χ1v) is 12.4. The topological polar surface area (TPSA) is 52.7 Å². The largest absolute Gasteiger partial charge is 0.337 e. The fourth-order valence-electron chi connectivity index (χ4n) is 5.07. The molecule has 0 atom stereocenters. The minimum atomic E-state index is 0.0442. The average molecular weight is 416 g/mol. The first kappa shape index (κ1) is 20.7. The Balaban J connectivity index is 1.38. The van der Waals surface area contributed by atoms with E-state index in [0.29, 0.717) is 24.2 Å². The van der Waals surface area contributed by atoms with Crippen LogP contribution in [0.1, 0.15) is 61.7 Å². The van der Waals surface area contributed by atoms with Gasteiger partial charge >= 0.3 is 0 Å². The Bertz CT molecular complexity index is 692. The molecule has 2 saturated carbocycles. The van der Waals surface area contributed by atoms with Gasteiger partial charge in [0.1, 0.15) is 0 Å². The van der Waals surface area contributed by atoms with Crippen LogP contribution in [0.25, 0.3) is 0 Å². The second kappa shape index (κ2) is 9.98. The number of nitrogens with one attached hydrogen (secondary N) is 1. The molecule has 1 aliphatic heterocycles. The number of carbonyl (C=O) groups excluding carboxylic acids is 2. The molecule has 2 aliphatic carbocycles. The summed E-state index contributed by atoms with van der Waals surface area (Å²) in [6, 6.07) is 8.56. The van der Waals surface area contributed by atoms with E-state index in [1.165, 1.54) is 51.4 Å². The molecule has 0 bridgehead atoms. The fraction of sp³-hybridized carbons (Fsp3) is 0.652. The van der Waals surface area contributed by atoms with Crippen molar-refractivity contribution < 1.29 is 9.59 Å². The molecule has 1 heterocycles. The molecule has 1 aromatic carbocycles. The molecule has 0 spiro atoms. The number of hydrogen-bond acceptors (Lipinski definition) is 4. The van der Waals surface area contributed by atoms with Gasteiger partial charge in [-0.15, -0.1) is 0 Å². The third-order valence-corrected chi connectivity index (χ3v) is 7.55. The minimum Gasteiger partial charge on any atom is -0.337 e. The third-order valence-electron chi connectivity index (χ3n) is 6.61. The minimum absolute atomic E-state index is 0.0442. The molecule has 158 valence electrons. The highest BCUT2D eigenvalue weighted by Gasteiger charge is 2.31. The number of carbonyl (C=O) groups is 2. The molecule has 1 N–H and O–H groups in total. The number of thioether (sulfide) groups is 1. The van der Waals surface area contributed by atoms with Crippen molar-refractivity contribution in [1.82, 2.24) is 9.80 Å². The van der Waals surface area contributed by atoms with E-state index in [-0.39, 0.29) is 11.8 Å². The van der Waals surface area contributed by atoms with Gasteiger partial charge in [0.05, 0.1) is 6.54 Å². The molecule has 3 aliphatic rings. The number of amides is 2. The quantitative estimate of drug-likeness (QED) is 0.763. The van der Waals surface area contributed by atoms with Gasteiger partial charge in [-0.3, -0.25) is 14.5 Å². The Hall–Kier alpha value is -1.53. The number of rotatable bonds is 6. The average Bonchev–Trinajstić information content (AvgIpc) is 3.47. The van der Waals surface area contributed by atoms with Crippen LogP contribution >= 0.6 is 11.8 Å². The van der Waals surface area contributed by atoms with E-state index >= 15 is 0 Å². The van der Waals surface area contributed by atoms with Gasteiger partial charge in [0, 0.05) is 47.9 Å². The summed E-state index contributed by atoms with van der Waals surface area (Å²) in [6.07, 6.45) is 10.0. The Morgan fingerprint density at radius 3 is 2.24 bits per heavy atom. The Morgan fingerprint density at radius 2 is 1.62 bits per heavy atom. The zero-order chi connectivity index (χ0) is 20.1. The maximum Gasteiger partial charge on any atom is 0.253 e. The standard InChI is InChI=1S/C23H33N3O2S/c27-22(17-26(20-8-1-2-9-20)21-10-3-4-11-21)24-19-7-5-6-18(16-19)23(28)25-12-14-29-15-13-25/h5-7,16,20-21H,1-4,8-15,17H2,(H,24,27). The summed E-state index contributed by atoms with van der Waals surface area (Å²) in [5.74, 6) is 2.11. The first-order valence-electron chi connectivity index (χ1n) is 11.2. The molecule has 0 unspecified atom stereocenters. The van der Waals surface area contributed by atoms with Crippen molar-refractivity contribution in [2.75, 3.05) is 36.5 Å². The summed E-state index contributed by atoms with van der Waals surface area (Å²) in [7, 11) is 0. The SMILES string of the molecule is O=C(CN(C1CCCC1)C1CCCC1)Nc1cccc(C(=O)N2CCSCC2)c1. The molecule has 6 heteroatoms. The normalized spacial score (nSPS) is 21.1. The number of hydrogen-bond donors (Lipinski definition) is 1. The summed E-state index contributed by atoms with van der Waals surface area (Å²) < 4.78 is 0. The lowest BCUT2D eigenvalue weighted by Crippen LogP contribution is -2.45. The molecule has 2 amide bonds. The van der Waals surface area contributed by atoms with Gasteiger partial charge < -0.3 is 10.2 Å². The molecule has 1 saturated heterocycles. The maximum absolute atomic E-state index is 12.9. The van der Waals surface area contributed by atoms with Crippen LogP contribution in [-0.4, -0.2) is 64.8 Å². The van der Waals surface area contributed by atoms with Crippen LogP contribution in [0.4, 0.5) is 5.69 Å². The van der Waals surface area contributed by atoms with Gasteiger partial charge in [0.15, 0.2) is 0 Å². The molecule has 0 radical (unpaired) electrons. The number of nitrogens with zero attached hydrogens (tertiary/aromatic N) is 2. The van der Waals surface area contributed by atoms with Crippen molar-refractivity contribution in [2.45, 2.75) is 63.5 Å². The summed E-state index contributed by atoms with van der Waals surface area (Å²) >= 11 is 1.89. The van der Waals surface area contributed by atoms with Gasteiger partial charge in [-0.1, -0.05) is 31.7 Å². The van der Waals surface area contributed by atoms with Crippen LogP contribution in [0.3, 0.4) is 0 Å². The van der Waals surface area contributed by atoms with Gasteiger partial charge in [0.25, 0.3) is 5.91 Å². The van der Waals surface area contributed by atoms with Crippen LogP contribution in [-0.2, 0) is 4.79 Å². The lowest BCUT2D eigenvalue weighted by atomic mass is 10.1. The molecule has 29 heavy (non-hydrogen) atoms. The molecule has 5 nitrogen and oxygen atoms in total.